The largest absolute Gasteiger partial charge is 0.278 e. The molecule has 0 aliphatic rings. The monoisotopic (exact) mass is 329 g/mol. The number of aryl methyl sites for hydroxylation is 1. The average molecular weight is 329 g/mol. The molecule has 0 unspecified atom stereocenters. The number of benzene rings is 1. The molecule has 4 heterocycles. The lowest BCUT2D eigenvalue weighted by Crippen LogP contribution is -2.00. The fourth-order valence-corrected chi connectivity index (χ4v) is 3.06. The molecule has 4 aromatic heterocycles. The summed E-state index contributed by atoms with van der Waals surface area (Å²) in [7, 11) is 1.90. The van der Waals surface area contributed by atoms with Gasteiger partial charge in [0, 0.05) is 30.6 Å². The summed E-state index contributed by atoms with van der Waals surface area (Å²) in [5.41, 5.74) is 5.99. The van der Waals surface area contributed by atoms with Gasteiger partial charge in [-0.05, 0) is 29.8 Å². The van der Waals surface area contributed by atoms with Gasteiger partial charge in [0.25, 0.3) is 0 Å². The lowest BCUT2D eigenvalue weighted by Gasteiger charge is -2.04. The molecule has 0 aliphatic carbocycles. The molecule has 0 spiro atoms. The maximum Gasteiger partial charge on any atom is 0.153 e. The van der Waals surface area contributed by atoms with Gasteiger partial charge in [-0.15, -0.1) is 0 Å². The molecule has 0 atom stereocenters. The Morgan fingerprint density at radius 1 is 1.08 bits per heavy atom. The Balaban J connectivity index is 1.56. The van der Waals surface area contributed by atoms with Gasteiger partial charge in [0.2, 0.25) is 0 Å². The first-order valence-corrected chi connectivity index (χ1v) is 8.01. The highest BCUT2D eigenvalue weighted by atomic mass is 15.3. The van der Waals surface area contributed by atoms with Crippen molar-refractivity contribution >= 4 is 16.6 Å². The standard InChI is InChI=1S/C18H15N7/c1-24-11-14(9-21-24)17-4-5-18-19-10-15(25(18)23-17)7-12-2-3-16-13(6-12)8-20-22-16/h2-6,8-11H,7H2,1H3,(H,20,22). The number of imidazole rings is 1. The van der Waals surface area contributed by atoms with Crippen LogP contribution in [0, 0.1) is 0 Å². The fraction of sp³-hybridized carbons (Fsp3) is 0.111. The molecule has 0 saturated carbocycles. The van der Waals surface area contributed by atoms with Crippen LogP contribution in [0.25, 0.3) is 27.8 Å². The van der Waals surface area contributed by atoms with Crippen LogP contribution in [0.5, 0.6) is 0 Å². The van der Waals surface area contributed by atoms with E-state index in [1.54, 1.807) is 4.68 Å². The van der Waals surface area contributed by atoms with Crippen molar-refractivity contribution in [3.05, 3.63) is 66.4 Å². The van der Waals surface area contributed by atoms with Crippen LogP contribution in [0.3, 0.4) is 0 Å². The van der Waals surface area contributed by atoms with E-state index in [1.165, 1.54) is 5.56 Å². The van der Waals surface area contributed by atoms with Crippen molar-refractivity contribution in [1.82, 2.24) is 34.6 Å². The summed E-state index contributed by atoms with van der Waals surface area (Å²) in [4.78, 5) is 4.47. The van der Waals surface area contributed by atoms with Gasteiger partial charge in [0.1, 0.15) is 0 Å². The van der Waals surface area contributed by atoms with E-state index < -0.39 is 0 Å². The Morgan fingerprint density at radius 2 is 2.04 bits per heavy atom. The van der Waals surface area contributed by atoms with Crippen molar-refractivity contribution in [1.29, 1.82) is 0 Å². The van der Waals surface area contributed by atoms with E-state index in [-0.39, 0.29) is 0 Å². The van der Waals surface area contributed by atoms with Crippen LogP contribution >= 0.6 is 0 Å². The third-order valence-electron chi connectivity index (χ3n) is 4.32. The summed E-state index contributed by atoms with van der Waals surface area (Å²) in [6.07, 6.45) is 8.25. The predicted octanol–water partition coefficient (Wildman–Crippen LogP) is 2.60. The lowest BCUT2D eigenvalue weighted by atomic mass is 10.1. The zero-order chi connectivity index (χ0) is 16.8. The van der Waals surface area contributed by atoms with Gasteiger partial charge in [-0.3, -0.25) is 9.78 Å². The van der Waals surface area contributed by atoms with Gasteiger partial charge in [0.05, 0.1) is 35.5 Å². The first-order valence-electron chi connectivity index (χ1n) is 8.01. The molecule has 25 heavy (non-hydrogen) atoms. The van der Waals surface area contributed by atoms with Crippen molar-refractivity contribution in [3.63, 3.8) is 0 Å². The topological polar surface area (TPSA) is 76.7 Å². The number of hydrogen-bond acceptors (Lipinski definition) is 4. The quantitative estimate of drug-likeness (QED) is 0.552. The minimum absolute atomic E-state index is 0.756. The van der Waals surface area contributed by atoms with Gasteiger partial charge < -0.3 is 0 Å². The molecular formula is C18H15N7. The SMILES string of the molecule is Cn1cc(-c2ccc3ncc(Cc4ccc5[nH]ncc5c4)n3n2)cn1. The highest BCUT2D eigenvalue weighted by Gasteiger charge is 2.09. The third-order valence-corrected chi connectivity index (χ3v) is 4.32. The molecule has 0 saturated heterocycles. The van der Waals surface area contributed by atoms with Crippen LogP contribution in [0.15, 0.2) is 55.1 Å². The second kappa shape index (κ2) is 5.27. The summed E-state index contributed by atoms with van der Waals surface area (Å²) in [5, 5.41) is 17.1. The minimum Gasteiger partial charge on any atom is -0.278 e. The molecule has 1 N–H and O–H groups in total. The number of H-pyrrole nitrogens is 1. The summed E-state index contributed by atoms with van der Waals surface area (Å²) < 4.78 is 3.68. The van der Waals surface area contributed by atoms with E-state index in [4.69, 9.17) is 5.10 Å². The molecule has 5 aromatic rings. The summed E-state index contributed by atoms with van der Waals surface area (Å²) >= 11 is 0. The maximum atomic E-state index is 4.75. The van der Waals surface area contributed by atoms with Crippen LogP contribution in [0.1, 0.15) is 11.3 Å². The van der Waals surface area contributed by atoms with Gasteiger partial charge >= 0.3 is 0 Å². The summed E-state index contributed by atoms with van der Waals surface area (Å²) in [6.45, 7) is 0. The molecular weight excluding hydrogens is 314 g/mol. The average Bonchev–Trinajstić information content (AvgIpc) is 3.34. The number of hydrogen-bond donors (Lipinski definition) is 1. The van der Waals surface area contributed by atoms with Crippen LogP contribution in [-0.4, -0.2) is 34.6 Å². The van der Waals surface area contributed by atoms with Crippen molar-refractivity contribution in [2.75, 3.05) is 0 Å². The number of fused-ring (bicyclic) bond motifs is 2. The fourth-order valence-electron chi connectivity index (χ4n) is 3.06. The van der Waals surface area contributed by atoms with Gasteiger partial charge in [-0.25, -0.2) is 9.50 Å². The number of nitrogens with zero attached hydrogens (tertiary/aromatic N) is 6. The molecule has 7 nitrogen and oxygen atoms in total. The van der Waals surface area contributed by atoms with Crippen molar-refractivity contribution in [2.45, 2.75) is 6.42 Å². The van der Waals surface area contributed by atoms with Gasteiger partial charge in [0.15, 0.2) is 5.65 Å². The van der Waals surface area contributed by atoms with Crippen molar-refractivity contribution in [2.24, 2.45) is 7.05 Å². The summed E-state index contributed by atoms with van der Waals surface area (Å²) in [6, 6.07) is 10.3. The van der Waals surface area contributed by atoms with E-state index in [0.717, 1.165) is 39.9 Å². The molecule has 0 aliphatic heterocycles. The van der Waals surface area contributed by atoms with Crippen molar-refractivity contribution in [3.8, 4) is 11.3 Å². The van der Waals surface area contributed by atoms with E-state index in [2.05, 4.69) is 38.5 Å². The first-order chi connectivity index (χ1) is 12.3. The molecule has 0 radical (unpaired) electrons. The minimum atomic E-state index is 0.756. The van der Waals surface area contributed by atoms with Crippen LogP contribution in [-0.2, 0) is 13.5 Å². The normalized spacial score (nSPS) is 11.6. The molecule has 0 bridgehead atoms. The van der Waals surface area contributed by atoms with Crippen LogP contribution in [0.4, 0.5) is 0 Å². The van der Waals surface area contributed by atoms with Crippen LogP contribution in [0.2, 0.25) is 0 Å². The molecule has 7 heteroatoms. The zero-order valence-corrected chi connectivity index (χ0v) is 13.6. The highest BCUT2D eigenvalue weighted by molar-refractivity contribution is 5.78. The number of rotatable bonds is 3. The van der Waals surface area contributed by atoms with Gasteiger partial charge in [-0.2, -0.15) is 15.3 Å². The Morgan fingerprint density at radius 3 is 2.92 bits per heavy atom. The number of aromatic nitrogens is 7. The molecule has 122 valence electrons. The lowest BCUT2D eigenvalue weighted by molar-refractivity contribution is 0.768. The smallest absolute Gasteiger partial charge is 0.153 e. The van der Waals surface area contributed by atoms with E-state index in [1.807, 2.05) is 48.5 Å². The van der Waals surface area contributed by atoms with Crippen molar-refractivity contribution < 1.29 is 0 Å². The Kier molecular flexibility index (Phi) is 2.93. The highest BCUT2D eigenvalue weighted by Crippen LogP contribution is 2.19. The Bertz CT molecular complexity index is 1190. The zero-order valence-electron chi connectivity index (χ0n) is 13.6. The molecule has 1 aromatic carbocycles. The Hall–Kier alpha value is -3.48. The third kappa shape index (κ3) is 2.37. The van der Waals surface area contributed by atoms with E-state index >= 15 is 0 Å². The maximum absolute atomic E-state index is 4.75. The second-order valence-corrected chi connectivity index (χ2v) is 6.11. The molecule has 0 amide bonds. The predicted molar refractivity (Wildman–Crippen MR) is 94.1 cm³/mol. The molecule has 5 rings (SSSR count). The first kappa shape index (κ1) is 13.9. The van der Waals surface area contributed by atoms with Gasteiger partial charge in [-0.1, -0.05) is 6.07 Å². The number of aromatic amines is 1. The second-order valence-electron chi connectivity index (χ2n) is 6.11. The van der Waals surface area contributed by atoms with Crippen LogP contribution < -0.4 is 0 Å². The Labute approximate surface area is 142 Å². The van der Waals surface area contributed by atoms with E-state index in [9.17, 15) is 0 Å². The van der Waals surface area contributed by atoms with E-state index in [0.29, 0.717) is 0 Å². The number of nitrogens with one attached hydrogen (secondary N) is 1. The molecule has 0 fully saturated rings. The summed E-state index contributed by atoms with van der Waals surface area (Å²) in [5.74, 6) is 0.